The van der Waals surface area contributed by atoms with Gasteiger partial charge in [-0.05, 0) is 31.4 Å². The van der Waals surface area contributed by atoms with Crippen LogP contribution >= 0.6 is 0 Å². The van der Waals surface area contributed by atoms with E-state index in [1.165, 1.54) is 11.7 Å². The van der Waals surface area contributed by atoms with Crippen LogP contribution < -0.4 is 5.56 Å². The van der Waals surface area contributed by atoms with Crippen LogP contribution in [0, 0.1) is 6.92 Å². The Morgan fingerprint density at radius 3 is 2.55 bits per heavy atom. The summed E-state index contributed by atoms with van der Waals surface area (Å²) in [5.74, 6) is -1.47. The molecule has 0 amide bonds. The monoisotopic (exact) mass is 308 g/mol. The van der Waals surface area contributed by atoms with Gasteiger partial charge in [0.1, 0.15) is 5.56 Å². The fraction of sp³-hybridized carbons (Fsp3) is 0.533. The van der Waals surface area contributed by atoms with Gasteiger partial charge in [-0.25, -0.2) is 4.79 Å². The third kappa shape index (κ3) is 3.36. The van der Waals surface area contributed by atoms with Crippen LogP contribution in [0.15, 0.2) is 17.1 Å². The van der Waals surface area contributed by atoms with E-state index in [9.17, 15) is 14.4 Å². The van der Waals surface area contributed by atoms with E-state index in [0.29, 0.717) is 31.5 Å². The lowest BCUT2D eigenvalue weighted by molar-refractivity contribution is -0.142. The predicted octanol–water partition coefficient (Wildman–Crippen LogP) is 0.665. The maximum absolute atomic E-state index is 12.3. The molecule has 1 fully saturated rings. The Morgan fingerprint density at radius 2 is 2.00 bits per heavy atom. The number of carboxylic acid groups (broad SMARTS) is 1. The lowest BCUT2D eigenvalue weighted by Gasteiger charge is -2.32. The van der Waals surface area contributed by atoms with Crippen molar-refractivity contribution in [1.29, 1.82) is 0 Å². The zero-order chi connectivity index (χ0) is 16.3. The zero-order valence-corrected chi connectivity index (χ0v) is 12.7. The van der Waals surface area contributed by atoms with Crippen molar-refractivity contribution in [1.82, 2.24) is 9.47 Å². The molecular formula is C15H20N2O5. The molecule has 22 heavy (non-hydrogen) atoms. The summed E-state index contributed by atoms with van der Waals surface area (Å²) in [5, 5.41) is 9.16. The Morgan fingerprint density at radius 1 is 1.36 bits per heavy atom. The van der Waals surface area contributed by atoms with Gasteiger partial charge < -0.3 is 14.4 Å². The number of hydrogen-bond acceptors (Lipinski definition) is 5. The second kappa shape index (κ2) is 6.74. The number of esters is 1. The summed E-state index contributed by atoms with van der Waals surface area (Å²) in [6.45, 7) is 3.20. The number of aromatic carboxylic acids is 1. The highest BCUT2D eigenvalue weighted by Crippen LogP contribution is 2.21. The summed E-state index contributed by atoms with van der Waals surface area (Å²) < 4.78 is 6.14. The van der Waals surface area contributed by atoms with Crippen molar-refractivity contribution in [2.24, 2.45) is 0 Å². The predicted molar refractivity (Wildman–Crippen MR) is 79.1 cm³/mol. The lowest BCUT2D eigenvalue weighted by atomic mass is 10.0. The molecule has 7 heteroatoms. The summed E-state index contributed by atoms with van der Waals surface area (Å²) in [5.41, 5.74) is -0.157. The SMILES string of the molecule is COC(=O)CN1CCC(n2ccc(C)c(C(=O)O)c2=O)CC1. The van der Waals surface area contributed by atoms with Crippen molar-refractivity contribution < 1.29 is 19.4 Å². The summed E-state index contributed by atoms with van der Waals surface area (Å²) in [4.78, 5) is 36.8. The first-order valence-corrected chi connectivity index (χ1v) is 7.18. The van der Waals surface area contributed by atoms with Crippen LogP contribution in [0.5, 0.6) is 0 Å². The number of rotatable bonds is 4. The van der Waals surface area contributed by atoms with E-state index in [2.05, 4.69) is 4.74 Å². The molecule has 0 saturated carbocycles. The van der Waals surface area contributed by atoms with Crippen molar-refractivity contribution in [2.45, 2.75) is 25.8 Å². The Bertz CT molecular complexity index is 629. The molecule has 0 atom stereocenters. The number of carbonyl (C=O) groups is 2. The first kappa shape index (κ1) is 16.2. The van der Waals surface area contributed by atoms with E-state index in [1.807, 2.05) is 4.90 Å². The molecule has 0 aromatic carbocycles. The normalized spacial score (nSPS) is 16.5. The summed E-state index contributed by atoms with van der Waals surface area (Å²) in [7, 11) is 1.36. The molecule has 0 unspecified atom stereocenters. The van der Waals surface area contributed by atoms with Gasteiger partial charge >= 0.3 is 11.9 Å². The van der Waals surface area contributed by atoms with Gasteiger partial charge in [0.2, 0.25) is 0 Å². The fourth-order valence-electron chi connectivity index (χ4n) is 2.79. The number of hydrogen-bond donors (Lipinski definition) is 1. The highest BCUT2D eigenvalue weighted by molar-refractivity contribution is 5.88. The number of carbonyl (C=O) groups excluding carboxylic acids is 1. The summed E-state index contributed by atoms with van der Waals surface area (Å²) in [6.07, 6.45) is 3.04. The third-order valence-corrected chi connectivity index (χ3v) is 4.07. The van der Waals surface area contributed by atoms with Gasteiger partial charge in [0.25, 0.3) is 5.56 Å². The number of piperidine rings is 1. The van der Waals surface area contributed by atoms with Crippen molar-refractivity contribution in [3.8, 4) is 0 Å². The van der Waals surface area contributed by atoms with Crippen molar-refractivity contribution in [3.63, 3.8) is 0 Å². The van der Waals surface area contributed by atoms with Gasteiger partial charge in [-0.2, -0.15) is 0 Å². The second-order valence-electron chi connectivity index (χ2n) is 5.47. The largest absolute Gasteiger partial charge is 0.477 e. The molecule has 1 aliphatic heterocycles. The molecule has 120 valence electrons. The molecule has 1 aliphatic rings. The number of aromatic nitrogens is 1. The second-order valence-corrected chi connectivity index (χ2v) is 5.47. The van der Waals surface area contributed by atoms with Gasteiger partial charge in [0, 0.05) is 25.3 Å². The Labute approximate surface area is 128 Å². The average molecular weight is 308 g/mol. The molecule has 1 N–H and O–H groups in total. The van der Waals surface area contributed by atoms with Crippen LogP contribution in [0.1, 0.15) is 34.8 Å². The fourth-order valence-corrected chi connectivity index (χ4v) is 2.79. The van der Waals surface area contributed by atoms with Crippen molar-refractivity contribution >= 4 is 11.9 Å². The van der Waals surface area contributed by atoms with Gasteiger partial charge in [-0.15, -0.1) is 0 Å². The number of ether oxygens (including phenoxy) is 1. The molecule has 7 nitrogen and oxygen atoms in total. The van der Waals surface area contributed by atoms with Gasteiger partial charge in [0.15, 0.2) is 0 Å². The van der Waals surface area contributed by atoms with Crippen molar-refractivity contribution in [2.75, 3.05) is 26.7 Å². The zero-order valence-electron chi connectivity index (χ0n) is 12.7. The van der Waals surface area contributed by atoms with E-state index in [0.717, 1.165) is 0 Å². The molecule has 2 heterocycles. The Kier molecular flexibility index (Phi) is 4.97. The smallest absolute Gasteiger partial charge is 0.341 e. The molecule has 0 spiro atoms. The first-order valence-electron chi connectivity index (χ1n) is 7.18. The van der Waals surface area contributed by atoms with Gasteiger partial charge in [-0.1, -0.05) is 0 Å². The number of carboxylic acids is 1. The summed E-state index contributed by atoms with van der Waals surface area (Å²) in [6, 6.07) is 1.62. The minimum atomic E-state index is -1.19. The van der Waals surface area contributed by atoms with Gasteiger partial charge in [-0.3, -0.25) is 14.5 Å². The highest BCUT2D eigenvalue weighted by atomic mass is 16.5. The maximum Gasteiger partial charge on any atom is 0.341 e. The van der Waals surface area contributed by atoms with Gasteiger partial charge in [0.05, 0.1) is 13.7 Å². The molecular weight excluding hydrogens is 288 g/mol. The summed E-state index contributed by atoms with van der Waals surface area (Å²) >= 11 is 0. The number of methoxy groups -OCH3 is 1. The third-order valence-electron chi connectivity index (χ3n) is 4.07. The highest BCUT2D eigenvalue weighted by Gasteiger charge is 2.24. The molecule has 0 aliphatic carbocycles. The Hall–Kier alpha value is -2.15. The van der Waals surface area contributed by atoms with E-state index in [-0.39, 0.29) is 24.1 Å². The van der Waals surface area contributed by atoms with Crippen LogP contribution in [0.4, 0.5) is 0 Å². The molecule has 0 radical (unpaired) electrons. The minimum absolute atomic E-state index is 0.0416. The lowest BCUT2D eigenvalue weighted by Crippen LogP contribution is -2.40. The molecule has 0 bridgehead atoms. The number of likely N-dealkylation sites (tertiary alicyclic amines) is 1. The van der Waals surface area contributed by atoms with Crippen LogP contribution in [-0.2, 0) is 9.53 Å². The Balaban J connectivity index is 2.12. The van der Waals surface area contributed by atoms with Crippen LogP contribution in [0.25, 0.3) is 0 Å². The first-order chi connectivity index (χ1) is 10.4. The topological polar surface area (TPSA) is 88.8 Å². The molecule has 1 aromatic rings. The minimum Gasteiger partial charge on any atom is -0.477 e. The number of aryl methyl sites for hydroxylation is 1. The van der Waals surface area contributed by atoms with E-state index in [4.69, 9.17) is 5.11 Å². The van der Waals surface area contributed by atoms with Crippen molar-refractivity contribution in [3.05, 3.63) is 33.7 Å². The average Bonchev–Trinajstić information content (AvgIpc) is 2.48. The van der Waals surface area contributed by atoms with Crippen LogP contribution in [0.2, 0.25) is 0 Å². The number of pyridine rings is 1. The van der Waals surface area contributed by atoms with E-state index >= 15 is 0 Å². The quantitative estimate of drug-likeness (QED) is 0.822. The number of nitrogens with zero attached hydrogens (tertiary/aromatic N) is 2. The standard InChI is InChI=1S/C15H20N2O5/c1-10-3-8-17(14(19)13(10)15(20)21)11-4-6-16(7-5-11)9-12(18)22-2/h3,8,11H,4-7,9H2,1-2H3,(H,20,21). The van der Waals surface area contributed by atoms with Crippen LogP contribution in [0.3, 0.4) is 0 Å². The van der Waals surface area contributed by atoms with E-state index < -0.39 is 11.5 Å². The maximum atomic E-state index is 12.3. The van der Waals surface area contributed by atoms with E-state index in [1.54, 1.807) is 19.2 Å². The molecule has 1 aromatic heterocycles. The van der Waals surface area contributed by atoms with Crippen LogP contribution in [-0.4, -0.2) is 53.3 Å². The molecule has 1 saturated heterocycles. The molecule has 2 rings (SSSR count).